The third-order valence-corrected chi connectivity index (χ3v) is 6.63. The summed E-state index contributed by atoms with van der Waals surface area (Å²) in [7, 11) is 0. The van der Waals surface area contributed by atoms with Crippen molar-refractivity contribution in [3.63, 3.8) is 0 Å². The predicted molar refractivity (Wildman–Crippen MR) is 130 cm³/mol. The van der Waals surface area contributed by atoms with Crippen LogP contribution in [-0.2, 0) is 0 Å². The molecule has 0 spiro atoms. The monoisotopic (exact) mass is 399 g/mol. The van der Waals surface area contributed by atoms with Crippen molar-refractivity contribution >= 4 is 0 Å². The van der Waals surface area contributed by atoms with Gasteiger partial charge >= 0.3 is 0 Å². The minimum atomic E-state index is 0.272. The van der Waals surface area contributed by atoms with Crippen LogP contribution in [0, 0.1) is 0 Å². The van der Waals surface area contributed by atoms with Crippen LogP contribution in [0.4, 0.5) is 0 Å². The second-order valence-corrected chi connectivity index (χ2v) is 8.45. The first-order chi connectivity index (χ1) is 15.4. The molecule has 1 aromatic heterocycles. The van der Waals surface area contributed by atoms with Gasteiger partial charge in [-0.3, -0.25) is 0 Å². The fourth-order valence-corrected chi connectivity index (χ4v) is 5.34. The van der Waals surface area contributed by atoms with E-state index < -0.39 is 0 Å². The van der Waals surface area contributed by atoms with Gasteiger partial charge in [0.1, 0.15) is 0 Å². The van der Waals surface area contributed by atoms with Gasteiger partial charge in [0, 0.05) is 40.7 Å². The Hall–Kier alpha value is -3.58. The van der Waals surface area contributed by atoms with Crippen molar-refractivity contribution < 1.29 is 0 Å². The highest BCUT2D eigenvalue weighted by molar-refractivity contribution is 5.61. The maximum atomic E-state index is 2.56. The third-order valence-electron chi connectivity index (χ3n) is 6.63. The zero-order valence-corrected chi connectivity index (χ0v) is 17.4. The Morgan fingerprint density at radius 3 is 1.16 bits per heavy atom. The van der Waals surface area contributed by atoms with E-state index in [9.17, 15) is 0 Å². The first kappa shape index (κ1) is 18.2. The molecule has 2 aromatic rings. The lowest BCUT2D eigenvalue weighted by molar-refractivity contribution is 0.830. The molecule has 4 aliphatic rings. The molecule has 4 aliphatic carbocycles. The molecule has 0 unspecified atom stereocenters. The molecular weight excluding hydrogens is 374 g/mol. The number of aromatic nitrogens is 1. The number of hydrogen-bond acceptors (Lipinski definition) is 0. The Balaban J connectivity index is 1.73. The van der Waals surface area contributed by atoms with Gasteiger partial charge < -0.3 is 4.57 Å². The summed E-state index contributed by atoms with van der Waals surface area (Å²) in [4.78, 5) is 0. The summed E-state index contributed by atoms with van der Waals surface area (Å²) < 4.78 is 2.56. The predicted octanol–water partition coefficient (Wildman–Crippen LogP) is 7.32. The lowest BCUT2D eigenvalue weighted by Gasteiger charge is -2.20. The normalized spacial score (nSPS) is 20.0. The quantitative estimate of drug-likeness (QED) is 0.496. The number of nitrogens with zero attached hydrogens (tertiary/aromatic N) is 1. The van der Waals surface area contributed by atoms with Gasteiger partial charge in [-0.1, -0.05) is 115 Å². The summed E-state index contributed by atoms with van der Waals surface area (Å²) >= 11 is 0. The molecule has 0 bridgehead atoms. The van der Waals surface area contributed by atoms with Crippen LogP contribution in [0.15, 0.2) is 128 Å². The van der Waals surface area contributed by atoms with Crippen molar-refractivity contribution in [1.82, 2.24) is 4.57 Å². The van der Waals surface area contributed by atoms with Gasteiger partial charge in [0.15, 0.2) is 0 Å². The van der Waals surface area contributed by atoms with Crippen LogP contribution in [0.1, 0.15) is 46.2 Å². The van der Waals surface area contributed by atoms with Crippen LogP contribution in [0.3, 0.4) is 0 Å². The summed E-state index contributed by atoms with van der Waals surface area (Å²) in [5.74, 6) is 1.14. The van der Waals surface area contributed by atoms with Crippen LogP contribution >= 0.6 is 0 Å². The van der Waals surface area contributed by atoms with Gasteiger partial charge in [-0.25, -0.2) is 0 Å². The fraction of sp³-hybridized carbons (Fsp3) is 0.133. The standard InChI is InChI=1S/C30H25N/c1-2-20-26(21-3-1)31-29(24-16-8-9-17-24)27(22-12-4-5-13-22)28(23-14-6-7-15-23)30(31)25-18-10-11-19-25/h1-25H. The van der Waals surface area contributed by atoms with Crippen molar-refractivity contribution in [2.45, 2.75) is 23.7 Å². The summed E-state index contributed by atoms with van der Waals surface area (Å²) in [5.41, 5.74) is 6.94. The second-order valence-electron chi connectivity index (χ2n) is 8.45. The highest BCUT2D eigenvalue weighted by atomic mass is 15.0. The highest BCUT2D eigenvalue weighted by Crippen LogP contribution is 2.47. The van der Waals surface area contributed by atoms with E-state index in [1.165, 1.54) is 28.2 Å². The van der Waals surface area contributed by atoms with Crippen LogP contribution in [-0.4, -0.2) is 4.57 Å². The van der Waals surface area contributed by atoms with Crippen LogP contribution < -0.4 is 0 Å². The van der Waals surface area contributed by atoms with Gasteiger partial charge in [-0.05, 0) is 23.3 Å². The molecule has 1 nitrogen and oxygen atoms in total. The number of rotatable bonds is 5. The summed E-state index contributed by atoms with van der Waals surface area (Å²) in [6, 6.07) is 10.9. The molecule has 0 atom stereocenters. The van der Waals surface area contributed by atoms with Gasteiger partial charge in [0.2, 0.25) is 0 Å². The molecule has 1 aromatic carbocycles. The Kier molecular flexibility index (Phi) is 4.46. The van der Waals surface area contributed by atoms with Crippen LogP contribution in [0.25, 0.3) is 5.69 Å². The molecule has 0 amide bonds. The Labute approximate surface area is 184 Å². The lowest BCUT2D eigenvalue weighted by Crippen LogP contribution is -2.09. The largest absolute Gasteiger partial charge is 0.315 e. The van der Waals surface area contributed by atoms with Crippen molar-refractivity contribution in [2.75, 3.05) is 0 Å². The van der Waals surface area contributed by atoms with E-state index in [0.29, 0.717) is 11.8 Å². The topological polar surface area (TPSA) is 4.93 Å². The minimum absolute atomic E-state index is 0.272. The van der Waals surface area contributed by atoms with E-state index in [1.807, 2.05) is 0 Å². The molecular formula is C30H25N. The van der Waals surface area contributed by atoms with Crippen molar-refractivity contribution in [3.8, 4) is 5.69 Å². The zero-order valence-electron chi connectivity index (χ0n) is 17.4. The molecule has 6 rings (SSSR count). The summed E-state index contributed by atoms with van der Waals surface area (Å²) in [6.07, 6.45) is 36.2. The van der Waals surface area contributed by atoms with Gasteiger partial charge in [0.05, 0.1) is 0 Å². The Bertz CT molecular complexity index is 1110. The van der Waals surface area contributed by atoms with Gasteiger partial charge in [-0.15, -0.1) is 0 Å². The van der Waals surface area contributed by atoms with E-state index in [4.69, 9.17) is 0 Å². The molecule has 31 heavy (non-hydrogen) atoms. The van der Waals surface area contributed by atoms with E-state index in [-0.39, 0.29) is 11.8 Å². The maximum Gasteiger partial charge on any atom is 0.0456 e. The van der Waals surface area contributed by atoms with Gasteiger partial charge in [-0.2, -0.15) is 0 Å². The van der Waals surface area contributed by atoms with Crippen molar-refractivity contribution in [3.05, 3.63) is 150 Å². The average molecular weight is 400 g/mol. The van der Waals surface area contributed by atoms with E-state index in [0.717, 1.165) is 0 Å². The molecule has 0 aliphatic heterocycles. The minimum Gasteiger partial charge on any atom is -0.315 e. The lowest BCUT2D eigenvalue weighted by atomic mass is 9.84. The van der Waals surface area contributed by atoms with Crippen molar-refractivity contribution in [2.24, 2.45) is 0 Å². The smallest absolute Gasteiger partial charge is 0.0456 e. The van der Waals surface area contributed by atoms with E-state index in [2.05, 4.69) is 132 Å². The summed E-state index contributed by atoms with van der Waals surface area (Å²) in [6.45, 7) is 0. The Morgan fingerprint density at radius 1 is 0.419 bits per heavy atom. The molecule has 150 valence electrons. The molecule has 1 heterocycles. The first-order valence-corrected chi connectivity index (χ1v) is 11.2. The first-order valence-electron chi connectivity index (χ1n) is 11.2. The SMILES string of the molecule is C1=CC(c2c(C3C=CC=C3)c(C3C=CC=C3)n(-c3ccccc3)c2C2C=CC=C2)C=C1. The fourth-order valence-electron chi connectivity index (χ4n) is 5.34. The zero-order chi connectivity index (χ0) is 20.6. The van der Waals surface area contributed by atoms with E-state index >= 15 is 0 Å². The molecule has 0 saturated heterocycles. The molecule has 1 heteroatoms. The second kappa shape index (κ2) is 7.59. The van der Waals surface area contributed by atoms with Gasteiger partial charge in [0.25, 0.3) is 0 Å². The molecule has 0 saturated carbocycles. The summed E-state index contributed by atoms with van der Waals surface area (Å²) in [5, 5.41) is 0. The number of allylic oxidation sites excluding steroid dienone is 16. The maximum absolute atomic E-state index is 2.56. The molecule has 0 radical (unpaired) electrons. The van der Waals surface area contributed by atoms with Crippen molar-refractivity contribution in [1.29, 1.82) is 0 Å². The molecule has 0 fully saturated rings. The Morgan fingerprint density at radius 2 is 0.774 bits per heavy atom. The molecule has 0 N–H and O–H groups in total. The number of hydrogen-bond donors (Lipinski definition) is 0. The third kappa shape index (κ3) is 3.00. The average Bonchev–Trinajstić information content (AvgIpc) is 3.63. The van der Waals surface area contributed by atoms with Crippen LogP contribution in [0.5, 0.6) is 0 Å². The van der Waals surface area contributed by atoms with Crippen LogP contribution in [0.2, 0.25) is 0 Å². The van der Waals surface area contributed by atoms with E-state index in [1.54, 1.807) is 0 Å². The highest BCUT2D eigenvalue weighted by Gasteiger charge is 2.35. The number of para-hydroxylation sites is 1. The number of benzene rings is 1.